The molecule has 0 spiro atoms. The Hall–Kier alpha value is -2.21. The molecule has 1 aliphatic heterocycles. The van der Waals surface area contributed by atoms with E-state index in [1.54, 1.807) is 0 Å². The molecule has 128 valence electrons. The number of aryl methyl sites for hydroxylation is 1. The Bertz CT molecular complexity index is 665. The molecule has 0 saturated carbocycles. The van der Waals surface area contributed by atoms with E-state index in [2.05, 4.69) is 22.0 Å². The Morgan fingerprint density at radius 1 is 1.33 bits per heavy atom. The second-order valence-electron chi connectivity index (χ2n) is 6.31. The van der Waals surface area contributed by atoms with Crippen LogP contribution in [0.4, 0.5) is 0 Å². The minimum atomic E-state index is -0.744. The highest BCUT2D eigenvalue weighted by Crippen LogP contribution is 2.33. The first-order chi connectivity index (χ1) is 11.7. The highest BCUT2D eigenvalue weighted by molar-refractivity contribution is 5.71. The summed E-state index contributed by atoms with van der Waals surface area (Å²) < 4.78 is 5.40. The van der Waals surface area contributed by atoms with Crippen LogP contribution in [0.15, 0.2) is 34.9 Å². The first-order valence-electron chi connectivity index (χ1n) is 8.53. The first-order valence-corrected chi connectivity index (χ1v) is 8.53. The fourth-order valence-electron chi connectivity index (χ4n) is 3.05. The molecule has 0 aliphatic carbocycles. The largest absolute Gasteiger partial charge is 0.481 e. The lowest BCUT2D eigenvalue weighted by Gasteiger charge is -2.41. The molecular weight excluding hydrogens is 306 g/mol. The molecule has 0 radical (unpaired) electrons. The molecule has 1 aromatic carbocycles. The number of unbranched alkanes of at least 4 members (excludes halogenated alkanes) is 2. The van der Waals surface area contributed by atoms with Gasteiger partial charge in [-0.1, -0.05) is 55.3 Å². The van der Waals surface area contributed by atoms with E-state index in [0.717, 1.165) is 31.2 Å². The summed E-state index contributed by atoms with van der Waals surface area (Å²) in [5.41, 5.74) is 1.06. The average Bonchev–Trinajstić information content (AvgIpc) is 2.99. The van der Waals surface area contributed by atoms with Crippen molar-refractivity contribution in [1.29, 1.82) is 0 Å². The van der Waals surface area contributed by atoms with Crippen LogP contribution in [-0.4, -0.2) is 39.2 Å². The standard InChI is InChI=1S/C18H23N3O3/c1-2-3-5-10-15-19-17(20-24-15)16(13-8-6-4-7-9-13)21-11-14(12-21)18(22)23/h4,6-9,14,16H,2-3,5,10-12H2,1H3,(H,22,23). The Labute approximate surface area is 141 Å². The molecule has 6 heteroatoms. The molecule has 1 aromatic heterocycles. The fraction of sp³-hybridized carbons (Fsp3) is 0.500. The fourth-order valence-corrected chi connectivity index (χ4v) is 3.05. The quantitative estimate of drug-likeness (QED) is 0.750. The van der Waals surface area contributed by atoms with Crippen LogP contribution in [0.5, 0.6) is 0 Å². The Morgan fingerprint density at radius 2 is 2.08 bits per heavy atom. The minimum absolute atomic E-state index is 0.148. The molecule has 2 aromatic rings. The van der Waals surface area contributed by atoms with Gasteiger partial charge in [-0.05, 0) is 12.0 Å². The van der Waals surface area contributed by atoms with Crippen LogP contribution in [0.2, 0.25) is 0 Å². The molecule has 2 heterocycles. The number of carboxylic acid groups (broad SMARTS) is 1. The van der Waals surface area contributed by atoms with Crippen LogP contribution < -0.4 is 0 Å². The summed E-state index contributed by atoms with van der Waals surface area (Å²) in [7, 11) is 0. The van der Waals surface area contributed by atoms with Gasteiger partial charge in [0, 0.05) is 19.5 Å². The molecular formula is C18H23N3O3. The molecule has 24 heavy (non-hydrogen) atoms. The van der Waals surface area contributed by atoms with Gasteiger partial charge in [-0.15, -0.1) is 0 Å². The van der Waals surface area contributed by atoms with Crippen molar-refractivity contribution in [2.45, 2.75) is 38.6 Å². The van der Waals surface area contributed by atoms with Crippen LogP contribution >= 0.6 is 0 Å². The van der Waals surface area contributed by atoms with Gasteiger partial charge in [0.15, 0.2) is 5.82 Å². The number of rotatable bonds is 8. The topological polar surface area (TPSA) is 79.5 Å². The number of likely N-dealkylation sites (tertiary alicyclic amines) is 1. The molecule has 1 fully saturated rings. The van der Waals surface area contributed by atoms with E-state index in [-0.39, 0.29) is 12.0 Å². The maximum Gasteiger partial charge on any atom is 0.309 e. The highest BCUT2D eigenvalue weighted by Gasteiger charge is 2.39. The smallest absolute Gasteiger partial charge is 0.309 e. The van der Waals surface area contributed by atoms with Crippen molar-refractivity contribution in [2.75, 3.05) is 13.1 Å². The van der Waals surface area contributed by atoms with Crippen molar-refractivity contribution in [3.8, 4) is 0 Å². The van der Waals surface area contributed by atoms with Crippen LogP contribution in [-0.2, 0) is 11.2 Å². The van der Waals surface area contributed by atoms with E-state index in [9.17, 15) is 4.79 Å². The third-order valence-corrected chi connectivity index (χ3v) is 4.46. The zero-order valence-electron chi connectivity index (χ0n) is 13.9. The van der Waals surface area contributed by atoms with Crippen molar-refractivity contribution in [3.05, 3.63) is 47.6 Å². The predicted octanol–water partition coefficient (Wildman–Crippen LogP) is 2.91. The number of hydrogen-bond donors (Lipinski definition) is 1. The third kappa shape index (κ3) is 3.64. The van der Waals surface area contributed by atoms with Gasteiger partial charge >= 0.3 is 5.97 Å². The number of benzene rings is 1. The van der Waals surface area contributed by atoms with Crippen molar-refractivity contribution < 1.29 is 14.4 Å². The lowest BCUT2D eigenvalue weighted by atomic mass is 9.94. The summed E-state index contributed by atoms with van der Waals surface area (Å²) in [5.74, 6) is 0.227. The van der Waals surface area contributed by atoms with Gasteiger partial charge in [-0.3, -0.25) is 9.69 Å². The second kappa shape index (κ2) is 7.57. The van der Waals surface area contributed by atoms with Gasteiger partial charge in [-0.2, -0.15) is 4.98 Å². The molecule has 0 amide bonds. The molecule has 1 unspecified atom stereocenters. The third-order valence-electron chi connectivity index (χ3n) is 4.46. The molecule has 0 bridgehead atoms. The van der Waals surface area contributed by atoms with Crippen molar-refractivity contribution in [3.63, 3.8) is 0 Å². The summed E-state index contributed by atoms with van der Waals surface area (Å²) in [4.78, 5) is 17.8. The van der Waals surface area contributed by atoms with Crippen molar-refractivity contribution in [1.82, 2.24) is 15.0 Å². The first kappa shape index (κ1) is 16.6. The normalized spacial score (nSPS) is 16.7. The summed E-state index contributed by atoms with van der Waals surface area (Å²) >= 11 is 0. The van der Waals surface area contributed by atoms with Crippen LogP contribution in [0.25, 0.3) is 0 Å². The van der Waals surface area contributed by atoms with E-state index in [1.807, 2.05) is 30.3 Å². The van der Waals surface area contributed by atoms with Crippen LogP contribution in [0.3, 0.4) is 0 Å². The molecule has 3 rings (SSSR count). The maximum absolute atomic E-state index is 11.1. The molecule has 1 N–H and O–H groups in total. The summed E-state index contributed by atoms with van der Waals surface area (Å²) in [6.45, 7) is 3.18. The minimum Gasteiger partial charge on any atom is -0.481 e. The average molecular weight is 329 g/mol. The zero-order valence-corrected chi connectivity index (χ0v) is 13.9. The number of aliphatic carboxylic acids is 1. The number of carboxylic acids is 1. The van der Waals surface area contributed by atoms with Gasteiger partial charge in [0.05, 0.1) is 12.0 Å². The highest BCUT2D eigenvalue weighted by atomic mass is 16.5. The zero-order chi connectivity index (χ0) is 16.9. The van der Waals surface area contributed by atoms with Gasteiger partial charge in [0.1, 0.15) is 0 Å². The number of hydrogen-bond acceptors (Lipinski definition) is 5. The SMILES string of the molecule is CCCCCc1nc(C(c2ccccc2)N2CC(C(=O)O)C2)no1. The van der Waals surface area contributed by atoms with Gasteiger partial charge in [0.2, 0.25) is 5.89 Å². The molecule has 6 nitrogen and oxygen atoms in total. The van der Waals surface area contributed by atoms with E-state index in [1.165, 1.54) is 0 Å². The van der Waals surface area contributed by atoms with E-state index < -0.39 is 5.97 Å². The Kier molecular flexibility index (Phi) is 5.25. The second-order valence-corrected chi connectivity index (χ2v) is 6.31. The maximum atomic E-state index is 11.1. The lowest BCUT2D eigenvalue weighted by molar-refractivity contribution is -0.148. The van der Waals surface area contributed by atoms with E-state index in [4.69, 9.17) is 9.63 Å². The van der Waals surface area contributed by atoms with Crippen molar-refractivity contribution in [2.24, 2.45) is 5.92 Å². The Balaban J connectivity index is 1.77. The number of carbonyl (C=O) groups is 1. The summed E-state index contributed by atoms with van der Waals surface area (Å²) in [5, 5.41) is 13.3. The molecule has 1 atom stereocenters. The van der Waals surface area contributed by atoms with Crippen LogP contribution in [0, 0.1) is 5.92 Å². The van der Waals surface area contributed by atoms with E-state index >= 15 is 0 Å². The number of aromatic nitrogens is 2. The summed E-state index contributed by atoms with van der Waals surface area (Å²) in [6.07, 6.45) is 4.13. The summed E-state index contributed by atoms with van der Waals surface area (Å²) in [6, 6.07) is 9.80. The molecule has 1 aliphatic rings. The molecule has 1 saturated heterocycles. The monoisotopic (exact) mass is 329 g/mol. The van der Waals surface area contributed by atoms with Gasteiger partial charge in [-0.25, -0.2) is 0 Å². The van der Waals surface area contributed by atoms with Crippen LogP contribution in [0.1, 0.15) is 49.5 Å². The predicted molar refractivity (Wildman–Crippen MR) is 88.5 cm³/mol. The number of nitrogens with zero attached hydrogens (tertiary/aromatic N) is 3. The van der Waals surface area contributed by atoms with Gasteiger partial charge in [0.25, 0.3) is 0 Å². The van der Waals surface area contributed by atoms with E-state index in [0.29, 0.717) is 24.8 Å². The lowest BCUT2D eigenvalue weighted by Crippen LogP contribution is -2.52. The van der Waals surface area contributed by atoms with Gasteiger partial charge < -0.3 is 9.63 Å². The van der Waals surface area contributed by atoms with Crippen molar-refractivity contribution >= 4 is 5.97 Å². The Morgan fingerprint density at radius 3 is 2.75 bits per heavy atom.